The van der Waals surface area contributed by atoms with E-state index in [2.05, 4.69) is 32.1 Å². The minimum absolute atomic E-state index is 0. The number of aliphatic imine (C=N–C) groups is 1. The Morgan fingerprint density at radius 1 is 1.22 bits per heavy atom. The van der Waals surface area contributed by atoms with Gasteiger partial charge in [0.25, 0.3) is 0 Å². The number of piperazine rings is 1. The normalized spacial score (nSPS) is 15.5. The minimum atomic E-state index is 0. The monoisotopic (exact) mass is 491 g/mol. The second-order valence-corrected chi connectivity index (χ2v) is 7.04. The topological polar surface area (TPSA) is 69.0 Å². The molecule has 1 aromatic heterocycles. The molecule has 154 valence electrons. The molecule has 27 heavy (non-hydrogen) atoms. The van der Waals surface area contributed by atoms with Crippen molar-refractivity contribution >= 4 is 35.8 Å². The minimum Gasteiger partial charge on any atom is -0.352 e. The molecule has 0 atom stereocenters. The summed E-state index contributed by atoms with van der Waals surface area (Å²) in [6.45, 7) is 9.43. The molecule has 1 aliphatic rings. The molecule has 1 saturated heterocycles. The van der Waals surface area contributed by atoms with Gasteiger partial charge in [-0.3, -0.25) is 19.4 Å². The average Bonchev–Trinajstić information content (AvgIpc) is 2.86. The van der Waals surface area contributed by atoms with Crippen molar-refractivity contribution in [2.75, 3.05) is 53.9 Å². The summed E-state index contributed by atoms with van der Waals surface area (Å²) in [7, 11) is 7.41. The summed E-state index contributed by atoms with van der Waals surface area (Å²) in [6.07, 6.45) is 0.583. The van der Waals surface area contributed by atoms with Crippen LogP contribution in [0.3, 0.4) is 0 Å². The summed E-state index contributed by atoms with van der Waals surface area (Å²) in [4.78, 5) is 22.5. The fourth-order valence-electron chi connectivity index (χ4n) is 3.23. The van der Waals surface area contributed by atoms with E-state index in [4.69, 9.17) is 0 Å². The number of carbonyl (C=O) groups excluding carboxylic acids is 1. The number of aromatic nitrogens is 2. The molecule has 1 fully saturated rings. The second kappa shape index (κ2) is 10.8. The Morgan fingerprint density at radius 3 is 2.33 bits per heavy atom. The molecule has 0 bridgehead atoms. The van der Waals surface area contributed by atoms with Crippen LogP contribution in [0.1, 0.15) is 23.4 Å². The number of aryl methyl sites for hydroxylation is 2. The Balaban J connectivity index is 0.00000364. The van der Waals surface area contributed by atoms with Crippen molar-refractivity contribution in [3.05, 3.63) is 17.0 Å². The highest BCUT2D eigenvalue weighted by Crippen LogP contribution is 2.12. The van der Waals surface area contributed by atoms with E-state index in [1.54, 1.807) is 4.90 Å². The Hall–Kier alpha value is -1.36. The van der Waals surface area contributed by atoms with E-state index in [1.807, 2.05) is 39.8 Å². The molecule has 0 unspecified atom stereocenters. The zero-order valence-corrected chi connectivity index (χ0v) is 19.8. The summed E-state index contributed by atoms with van der Waals surface area (Å²) in [5.74, 6) is 1.11. The van der Waals surface area contributed by atoms with Gasteiger partial charge in [0.05, 0.1) is 5.69 Å². The van der Waals surface area contributed by atoms with Gasteiger partial charge in [-0.15, -0.1) is 24.0 Å². The third kappa shape index (κ3) is 6.34. The maximum Gasteiger partial charge on any atom is 0.223 e. The lowest BCUT2D eigenvalue weighted by Crippen LogP contribution is -2.52. The van der Waals surface area contributed by atoms with Crippen LogP contribution in [-0.4, -0.2) is 90.2 Å². The SMILES string of the molecule is CN=C(NCc1c(C)nn(C)c1C)N1CCN(CCC(=O)N(C)C)CC1.I. The van der Waals surface area contributed by atoms with Gasteiger partial charge in [0.1, 0.15) is 0 Å². The van der Waals surface area contributed by atoms with Crippen molar-refractivity contribution in [2.24, 2.45) is 12.0 Å². The van der Waals surface area contributed by atoms with E-state index >= 15 is 0 Å². The predicted octanol–water partition coefficient (Wildman–Crippen LogP) is 0.826. The molecule has 2 heterocycles. The number of hydrogen-bond donors (Lipinski definition) is 1. The fourth-order valence-corrected chi connectivity index (χ4v) is 3.23. The fraction of sp³-hybridized carbons (Fsp3) is 0.722. The lowest BCUT2D eigenvalue weighted by Gasteiger charge is -2.36. The van der Waals surface area contributed by atoms with Gasteiger partial charge < -0.3 is 15.1 Å². The van der Waals surface area contributed by atoms with E-state index in [1.165, 1.54) is 11.3 Å². The molecular formula is C18H34IN7O. The molecule has 0 radical (unpaired) electrons. The molecule has 1 N–H and O–H groups in total. The van der Waals surface area contributed by atoms with Gasteiger partial charge in [-0.25, -0.2) is 0 Å². The first-order valence-corrected chi connectivity index (χ1v) is 9.20. The van der Waals surface area contributed by atoms with Gasteiger partial charge in [-0.05, 0) is 13.8 Å². The highest BCUT2D eigenvalue weighted by atomic mass is 127. The average molecular weight is 491 g/mol. The molecule has 1 aliphatic heterocycles. The van der Waals surface area contributed by atoms with Crippen molar-refractivity contribution in [1.82, 2.24) is 29.8 Å². The largest absolute Gasteiger partial charge is 0.352 e. The van der Waals surface area contributed by atoms with Gasteiger partial charge in [-0.2, -0.15) is 5.10 Å². The smallest absolute Gasteiger partial charge is 0.223 e. The summed E-state index contributed by atoms with van der Waals surface area (Å²) in [5, 5.41) is 7.94. The van der Waals surface area contributed by atoms with Gasteiger partial charge in [0, 0.05) is 85.1 Å². The number of halogens is 1. The summed E-state index contributed by atoms with van der Waals surface area (Å²) in [5.41, 5.74) is 3.47. The molecule has 2 rings (SSSR count). The van der Waals surface area contributed by atoms with Crippen molar-refractivity contribution < 1.29 is 4.79 Å². The Labute approximate surface area is 180 Å². The van der Waals surface area contributed by atoms with Gasteiger partial charge in [0.2, 0.25) is 5.91 Å². The van der Waals surface area contributed by atoms with E-state index in [9.17, 15) is 4.79 Å². The van der Waals surface area contributed by atoms with Crippen LogP contribution in [0.15, 0.2) is 4.99 Å². The quantitative estimate of drug-likeness (QED) is 0.376. The number of amides is 1. The van der Waals surface area contributed by atoms with Crippen LogP contribution < -0.4 is 5.32 Å². The molecule has 9 heteroatoms. The van der Waals surface area contributed by atoms with E-state index < -0.39 is 0 Å². The van der Waals surface area contributed by atoms with Crippen LogP contribution in [0.2, 0.25) is 0 Å². The van der Waals surface area contributed by atoms with E-state index in [0.717, 1.165) is 50.9 Å². The first-order valence-electron chi connectivity index (χ1n) is 9.20. The van der Waals surface area contributed by atoms with Crippen LogP contribution >= 0.6 is 24.0 Å². The maximum absolute atomic E-state index is 11.7. The van der Waals surface area contributed by atoms with Crippen molar-refractivity contribution in [3.8, 4) is 0 Å². The zero-order valence-electron chi connectivity index (χ0n) is 17.4. The lowest BCUT2D eigenvalue weighted by atomic mass is 10.2. The molecule has 1 aromatic rings. The third-order valence-electron chi connectivity index (χ3n) is 5.11. The van der Waals surface area contributed by atoms with Crippen molar-refractivity contribution in [1.29, 1.82) is 0 Å². The Kier molecular flexibility index (Phi) is 9.51. The number of guanidine groups is 1. The molecule has 0 aliphatic carbocycles. The maximum atomic E-state index is 11.7. The number of hydrogen-bond acceptors (Lipinski definition) is 4. The Morgan fingerprint density at radius 2 is 1.85 bits per heavy atom. The van der Waals surface area contributed by atoms with E-state index in [0.29, 0.717) is 6.42 Å². The van der Waals surface area contributed by atoms with Crippen molar-refractivity contribution in [3.63, 3.8) is 0 Å². The van der Waals surface area contributed by atoms with Crippen molar-refractivity contribution in [2.45, 2.75) is 26.8 Å². The first kappa shape index (κ1) is 23.7. The van der Waals surface area contributed by atoms with Gasteiger partial charge in [0.15, 0.2) is 5.96 Å². The van der Waals surface area contributed by atoms with Crippen LogP contribution in [0.4, 0.5) is 0 Å². The summed E-state index contributed by atoms with van der Waals surface area (Å²) < 4.78 is 1.92. The number of carbonyl (C=O) groups is 1. The zero-order chi connectivity index (χ0) is 19.3. The standard InChI is InChI=1S/C18H33N7O.HI/c1-14-16(15(2)23(6)21-14)13-20-18(19-3)25-11-9-24(10-12-25)8-7-17(26)22(4)5;/h7-13H2,1-6H3,(H,19,20);1H. The third-order valence-corrected chi connectivity index (χ3v) is 5.11. The molecule has 1 amide bonds. The Bertz CT molecular complexity index is 648. The molecule has 0 spiro atoms. The molecule has 8 nitrogen and oxygen atoms in total. The van der Waals surface area contributed by atoms with Crippen LogP contribution in [-0.2, 0) is 18.4 Å². The van der Waals surface area contributed by atoms with Crippen LogP contribution in [0, 0.1) is 13.8 Å². The lowest BCUT2D eigenvalue weighted by molar-refractivity contribution is -0.129. The summed E-state index contributed by atoms with van der Waals surface area (Å²) >= 11 is 0. The highest BCUT2D eigenvalue weighted by Gasteiger charge is 2.20. The first-order chi connectivity index (χ1) is 12.3. The van der Waals surface area contributed by atoms with Crippen LogP contribution in [0.25, 0.3) is 0 Å². The van der Waals surface area contributed by atoms with Gasteiger partial charge in [-0.1, -0.05) is 0 Å². The molecule has 0 aromatic carbocycles. The highest BCUT2D eigenvalue weighted by molar-refractivity contribution is 14.0. The number of nitrogens with zero attached hydrogens (tertiary/aromatic N) is 6. The molecule has 0 saturated carbocycles. The summed E-state index contributed by atoms with van der Waals surface area (Å²) in [6, 6.07) is 0. The molecular weight excluding hydrogens is 457 g/mol. The predicted molar refractivity (Wildman–Crippen MR) is 120 cm³/mol. The second-order valence-electron chi connectivity index (χ2n) is 7.04. The van der Waals surface area contributed by atoms with E-state index in [-0.39, 0.29) is 29.9 Å². The van der Waals surface area contributed by atoms with Gasteiger partial charge >= 0.3 is 0 Å². The number of rotatable bonds is 5. The van der Waals surface area contributed by atoms with Crippen LogP contribution in [0.5, 0.6) is 0 Å². The number of nitrogens with one attached hydrogen (secondary N) is 1.